The van der Waals surface area contributed by atoms with Crippen LogP contribution in [0.25, 0.3) is 0 Å². The fraction of sp³-hybridized carbons (Fsp3) is 0.154. The third kappa shape index (κ3) is 6.02. The minimum atomic E-state index is -1.26. The standard InChI is InChI=1S/C11H9NO5.C2H6/c13-9(5-6-10(14)15)12-8-4-2-1-3-7(8)11(16)17;1-2/h1-6H,(H,12,13)(H,14,15)(H,16,17);1-2H3. The van der Waals surface area contributed by atoms with Crippen molar-refractivity contribution in [1.82, 2.24) is 0 Å². The molecule has 0 fully saturated rings. The summed E-state index contributed by atoms with van der Waals surface area (Å²) < 4.78 is 0. The number of rotatable bonds is 4. The molecule has 0 unspecified atom stereocenters. The molecule has 3 N–H and O–H groups in total. The van der Waals surface area contributed by atoms with Crippen LogP contribution in [0.4, 0.5) is 5.69 Å². The fourth-order valence-corrected chi connectivity index (χ4v) is 1.10. The van der Waals surface area contributed by atoms with Crippen LogP contribution in [0, 0.1) is 0 Å². The molecule has 0 aliphatic carbocycles. The van der Waals surface area contributed by atoms with Crippen LogP contribution in [0.15, 0.2) is 36.4 Å². The molecule has 0 aromatic heterocycles. The highest BCUT2D eigenvalue weighted by Gasteiger charge is 2.10. The number of hydrogen-bond acceptors (Lipinski definition) is 3. The predicted octanol–water partition coefficient (Wildman–Crippen LogP) is 1.99. The average molecular weight is 265 g/mol. The third-order valence-corrected chi connectivity index (χ3v) is 1.79. The molecular weight excluding hydrogens is 250 g/mol. The maximum atomic E-state index is 11.2. The number of aliphatic carboxylic acids is 1. The van der Waals surface area contributed by atoms with E-state index in [4.69, 9.17) is 10.2 Å². The summed E-state index contributed by atoms with van der Waals surface area (Å²) in [4.78, 5) is 32.2. The Bertz CT molecular complexity index is 494. The fourth-order valence-electron chi connectivity index (χ4n) is 1.10. The Labute approximate surface area is 110 Å². The number of anilines is 1. The number of benzene rings is 1. The molecule has 6 heteroatoms. The summed E-state index contributed by atoms with van der Waals surface area (Å²) >= 11 is 0. The van der Waals surface area contributed by atoms with Crippen molar-refractivity contribution in [2.45, 2.75) is 13.8 Å². The number of para-hydroxylation sites is 1. The van der Waals surface area contributed by atoms with Gasteiger partial charge in [-0.15, -0.1) is 0 Å². The Balaban J connectivity index is 0.00000154. The number of carbonyl (C=O) groups excluding carboxylic acids is 1. The van der Waals surface area contributed by atoms with Crippen molar-refractivity contribution < 1.29 is 24.6 Å². The molecule has 0 spiro atoms. The quantitative estimate of drug-likeness (QED) is 0.722. The predicted molar refractivity (Wildman–Crippen MR) is 70.2 cm³/mol. The molecule has 0 aliphatic heterocycles. The van der Waals surface area contributed by atoms with E-state index in [0.29, 0.717) is 6.08 Å². The Morgan fingerprint density at radius 2 is 1.63 bits per heavy atom. The Morgan fingerprint density at radius 3 is 2.16 bits per heavy atom. The van der Waals surface area contributed by atoms with Gasteiger partial charge in [-0.25, -0.2) is 9.59 Å². The maximum Gasteiger partial charge on any atom is 0.337 e. The zero-order valence-electron chi connectivity index (χ0n) is 10.6. The van der Waals surface area contributed by atoms with Gasteiger partial charge >= 0.3 is 11.9 Å². The summed E-state index contributed by atoms with van der Waals surface area (Å²) in [6.45, 7) is 4.00. The van der Waals surface area contributed by atoms with Crippen LogP contribution in [0.1, 0.15) is 24.2 Å². The van der Waals surface area contributed by atoms with Crippen molar-refractivity contribution in [3.8, 4) is 0 Å². The molecule has 1 rings (SSSR count). The van der Waals surface area contributed by atoms with E-state index in [0.717, 1.165) is 6.08 Å². The lowest BCUT2D eigenvalue weighted by atomic mass is 10.2. The summed E-state index contributed by atoms with van der Waals surface area (Å²) in [7, 11) is 0. The second-order valence-electron chi connectivity index (χ2n) is 3.01. The zero-order chi connectivity index (χ0) is 14.8. The van der Waals surface area contributed by atoms with Gasteiger partial charge in [0.05, 0.1) is 11.3 Å². The van der Waals surface area contributed by atoms with Gasteiger partial charge in [-0.3, -0.25) is 4.79 Å². The minimum absolute atomic E-state index is 0.0652. The van der Waals surface area contributed by atoms with Gasteiger partial charge in [-0.1, -0.05) is 26.0 Å². The molecule has 0 saturated carbocycles. The van der Waals surface area contributed by atoms with Gasteiger partial charge < -0.3 is 15.5 Å². The van der Waals surface area contributed by atoms with E-state index in [1.54, 1.807) is 6.07 Å². The summed E-state index contributed by atoms with van der Waals surface area (Å²) in [5.41, 5.74) is 0.0459. The van der Waals surface area contributed by atoms with Gasteiger partial charge in [0.1, 0.15) is 0 Å². The van der Waals surface area contributed by atoms with E-state index in [2.05, 4.69) is 5.32 Å². The molecule has 1 aromatic rings. The highest BCUT2D eigenvalue weighted by atomic mass is 16.4. The number of hydrogen-bond donors (Lipinski definition) is 3. The average Bonchev–Trinajstić information content (AvgIpc) is 2.39. The number of carboxylic acids is 2. The number of aromatic carboxylic acids is 1. The van der Waals surface area contributed by atoms with E-state index in [1.165, 1.54) is 18.2 Å². The normalized spacial score (nSPS) is 9.37. The van der Waals surface area contributed by atoms with E-state index in [9.17, 15) is 14.4 Å². The van der Waals surface area contributed by atoms with Gasteiger partial charge in [0.2, 0.25) is 5.91 Å². The summed E-state index contributed by atoms with van der Waals surface area (Å²) in [6.07, 6.45) is 1.47. The van der Waals surface area contributed by atoms with Crippen LogP contribution in [0.2, 0.25) is 0 Å². The lowest BCUT2D eigenvalue weighted by molar-refractivity contribution is -0.131. The molecule has 102 valence electrons. The first-order valence-electron chi connectivity index (χ1n) is 5.55. The molecule has 0 aliphatic rings. The molecule has 0 atom stereocenters. The number of carboxylic acid groups (broad SMARTS) is 2. The first-order chi connectivity index (χ1) is 9.00. The smallest absolute Gasteiger partial charge is 0.337 e. The Morgan fingerprint density at radius 1 is 1.05 bits per heavy atom. The molecule has 0 radical (unpaired) electrons. The lowest BCUT2D eigenvalue weighted by Crippen LogP contribution is -2.12. The van der Waals surface area contributed by atoms with E-state index < -0.39 is 17.8 Å². The number of carbonyl (C=O) groups is 3. The van der Waals surface area contributed by atoms with Crippen LogP contribution in [-0.4, -0.2) is 28.1 Å². The molecular formula is C13H15NO5. The largest absolute Gasteiger partial charge is 0.478 e. The summed E-state index contributed by atoms with van der Waals surface area (Å²) in [5.74, 6) is -3.14. The minimum Gasteiger partial charge on any atom is -0.478 e. The third-order valence-electron chi connectivity index (χ3n) is 1.79. The number of nitrogens with one attached hydrogen (secondary N) is 1. The first kappa shape index (κ1) is 16.4. The topological polar surface area (TPSA) is 104 Å². The van der Waals surface area contributed by atoms with E-state index >= 15 is 0 Å². The second-order valence-corrected chi connectivity index (χ2v) is 3.01. The van der Waals surface area contributed by atoms with Gasteiger partial charge in [-0.2, -0.15) is 0 Å². The van der Waals surface area contributed by atoms with Crippen LogP contribution >= 0.6 is 0 Å². The molecule has 1 aromatic carbocycles. The van der Waals surface area contributed by atoms with Crippen LogP contribution in [0.5, 0.6) is 0 Å². The monoisotopic (exact) mass is 265 g/mol. The molecule has 0 bridgehead atoms. The van der Waals surface area contributed by atoms with Gasteiger partial charge in [0.15, 0.2) is 0 Å². The molecule has 1 amide bonds. The maximum absolute atomic E-state index is 11.2. The number of amides is 1. The van der Waals surface area contributed by atoms with Crippen LogP contribution in [0.3, 0.4) is 0 Å². The van der Waals surface area contributed by atoms with Gasteiger partial charge in [0.25, 0.3) is 0 Å². The van der Waals surface area contributed by atoms with Crippen molar-refractivity contribution in [1.29, 1.82) is 0 Å². The lowest BCUT2D eigenvalue weighted by Gasteiger charge is -2.05. The Kier molecular flexibility index (Phi) is 7.29. The van der Waals surface area contributed by atoms with Crippen molar-refractivity contribution >= 4 is 23.5 Å². The van der Waals surface area contributed by atoms with Crippen molar-refractivity contribution in [3.05, 3.63) is 42.0 Å². The van der Waals surface area contributed by atoms with Crippen molar-refractivity contribution in [2.24, 2.45) is 0 Å². The van der Waals surface area contributed by atoms with Crippen molar-refractivity contribution in [3.63, 3.8) is 0 Å². The molecule has 6 nitrogen and oxygen atoms in total. The van der Waals surface area contributed by atoms with Gasteiger partial charge in [0, 0.05) is 12.2 Å². The first-order valence-corrected chi connectivity index (χ1v) is 5.55. The van der Waals surface area contributed by atoms with Crippen molar-refractivity contribution in [2.75, 3.05) is 5.32 Å². The van der Waals surface area contributed by atoms with Crippen LogP contribution < -0.4 is 5.32 Å². The Hall–Kier alpha value is -2.63. The summed E-state index contributed by atoms with van der Waals surface area (Å²) in [6, 6.07) is 5.82. The zero-order valence-corrected chi connectivity index (χ0v) is 10.6. The second kappa shape index (κ2) is 8.46. The van der Waals surface area contributed by atoms with Crippen LogP contribution in [-0.2, 0) is 9.59 Å². The van der Waals surface area contributed by atoms with E-state index in [-0.39, 0.29) is 11.3 Å². The highest BCUT2D eigenvalue weighted by molar-refractivity contribution is 6.06. The summed E-state index contributed by atoms with van der Waals surface area (Å²) in [5, 5.41) is 19.4. The molecule has 19 heavy (non-hydrogen) atoms. The molecule has 0 saturated heterocycles. The molecule has 0 heterocycles. The highest BCUT2D eigenvalue weighted by Crippen LogP contribution is 2.14. The SMILES string of the molecule is CC.O=C(O)C=CC(=O)Nc1ccccc1C(=O)O. The van der Waals surface area contributed by atoms with E-state index in [1.807, 2.05) is 13.8 Å². The van der Waals surface area contributed by atoms with Gasteiger partial charge in [-0.05, 0) is 12.1 Å².